The molecule has 0 aliphatic carbocycles. The maximum atomic E-state index is 12.8. The van der Waals surface area contributed by atoms with Crippen LogP contribution in [0.5, 0.6) is 5.75 Å². The number of nitrogens with zero attached hydrogens (tertiary/aromatic N) is 2. The van der Waals surface area contributed by atoms with Gasteiger partial charge in [-0.2, -0.15) is 4.74 Å². The van der Waals surface area contributed by atoms with Gasteiger partial charge in [-0.1, -0.05) is 13.8 Å². The fraction of sp³-hybridized carbons (Fsp3) is 0.588. The predicted octanol–water partition coefficient (Wildman–Crippen LogP) is 3.38. The van der Waals surface area contributed by atoms with E-state index >= 15 is 0 Å². The first-order valence-electron chi connectivity index (χ1n) is 7.86. The van der Waals surface area contributed by atoms with Crippen LogP contribution in [0.1, 0.15) is 53.0 Å². The lowest BCUT2D eigenvalue weighted by atomic mass is 9.92. The molecule has 1 heterocycles. The zero-order valence-electron chi connectivity index (χ0n) is 14.1. The average Bonchev–Trinajstić information content (AvgIpc) is 2.64. The van der Waals surface area contributed by atoms with Gasteiger partial charge in [-0.05, 0) is 44.5 Å². The second-order valence-corrected chi connectivity index (χ2v) is 6.46. The molecule has 1 aliphatic rings. The number of hydrogen-bond donors (Lipinski definition) is 1. The molecule has 1 N–H and O–H groups in total. The van der Waals surface area contributed by atoms with Gasteiger partial charge in [-0.3, -0.25) is 0 Å². The van der Waals surface area contributed by atoms with Crippen LogP contribution in [0.25, 0.3) is 0 Å². The van der Waals surface area contributed by atoms with Crippen molar-refractivity contribution in [1.82, 2.24) is 5.06 Å². The van der Waals surface area contributed by atoms with Crippen LogP contribution < -0.4 is 4.74 Å². The van der Waals surface area contributed by atoms with Gasteiger partial charge in [-0.25, -0.2) is 0 Å². The molecule has 0 aromatic heterocycles. The molecular formula is C17H26N2O3. The van der Waals surface area contributed by atoms with Crippen LogP contribution in [-0.4, -0.2) is 38.5 Å². The Balaban J connectivity index is 2.41. The van der Waals surface area contributed by atoms with Crippen molar-refractivity contribution < 1.29 is 14.7 Å². The summed E-state index contributed by atoms with van der Waals surface area (Å²) in [5.74, 6) is 0.790. The highest BCUT2D eigenvalue weighted by Gasteiger charge is 2.58. The molecular weight excluding hydrogens is 280 g/mol. The van der Waals surface area contributed by atoms with E-state index in [2.05, 4.69) is 6.92 Å². The van der Waals surface area contributed by atoms with E-state index < -0.39 is 11.2 Å². The molecule has 0 saturated heterocycles. The van der Waals surface area contributed by atoms with E-state index in [1.807, 2.05) is 45.0 Å². The van der Waals surface area contributed by atoms with E-state index in [-0.39, 0.29) is 0 Å². The minimum atomic E-state index is -0.948. The SMILES string of the molecule is CCCOc1ccc(C2=[N+]([O-])C(C)(CC)N(O)C2(C)C)cc1. The van der Waals surface area contributed by atoms with E-state index in [0.29, 0.717) is 18.7 Å². The molecule has 122 valence electrons. The lowest BCUT2D eigenvalue weighted by Gasteiger charge is -2.32. The summed E-state index contributed by atoms with van der Waals surface area (Å²) in [5.41, 5.74) is -0.324. The molecule has 0 amide bonds. The minimum Gasteiger partial charge on any atom is -0.622 e. The van der Waals surface area contributed by atoms with Crippen molar-refractivity contribution in [2.24, 2.45) is 0 Å². The Morgan fingerprint density at radius 2 is 1.77 bits per heavy atom. The maximum Gasteiger partial charge on any atom is 0.248 e. The summed E-state index contributed by atoms with van der Waals surface area (Å²) in [6, 6.07) is 7.49. The minimum absolute atomic E-state index is 0.525. The molecule has 5 heteroatoms. The molecule has 1 unspecified atom stereocenters. The lowest BCUT2D eigenvalue weighted by molar-refractivity contribution is -0.586. The summed E-state index contributed by atoms with van der Waals surface area (Å²) >= 11 is 0. The molecule has 1 aromatic rings. The smallest absolute Gasteiger partial charge is 0.248 e. The molecule has 1 atom stereocenters. The van der Waals surface area contributed by atoms with Crippen LogP contribution in [0.15, 0.2) is 24.3 Å². The van der Waals surface area contributed by atoms with Gasteiger partial charge in [-0.15, -0.1) is 5.06 Å². The molecule has 1 aromatic carbocycles. The largest absolute Gasteiger partial charge is 0.622 e. The average molecular weight is 306 g/mol. The van der Waals surface area contributed by atoms with Crippen molar-refractivity contribution in [3.05, 3.63) is 35.0 Å². The maximum absolute atomic E-state index is 12.8. The lowest BCUT2D eigenvalue weighted by Crippen LogP contribution is -2.52. The van der Waals surface area contributed by atoms with E-state index in [1.54, 1.807) is 6.92 Å². The van der Waals surface area contributed by atoms with Gasteiger partial charge in [0.15, 0.2) is 0 Å². The summed E-state index contributed by atoms with van der Waals surface area (Å²) in [5, 5.41) is 24.5. The first kappa shape index (κ1) is 16.8. The van der Waals surface area contributed by atoms with Crippen LogP contribution in [-0.2, 0) is 0 Å². The molecule has 0 fully saturated rings. The highest BCUT2D eigenvalue weighted by molar-refractivity contribution is 6.04. The Kier molecular flexibility index (Phi) is 4.49. The fourth-order valence-corrected chi connectivity index (χ4v) is 2.97. The quantitative estimate of drug-likeness (QED) is 0.669. The van der Waals surface area contributed by atoms with Gasteiger partial charge < -0.3 is 15.2 Å². The summed E-state index contributed by atoms with van der Waals surface area (Å²) < 4.78 is 6.51. The second-order valence-electron chi connectivity index (χ2n) is 6.46. The fourth-order valence-electron chi connectivity index (χ4n) is 2.97. The third kappa shape index (κ3) is 2.48. The summed E-state index contributed by atoms with van der Waals surface area (Å²) in [7, 11) is 0. The Hall–Kier alpha value is -1.59. The Morgan fingerprint density at radius 3 is 2.23 bits per heavy atom. The van der Waals surface area contributed by atoms with E-state index in [1.165, 1.54) is 5.06 Å². The topological polar surface area (TPSA) is 58.8 Å². The van der Waals surface area contributed by atoms with Crippen LogP contribution >= 0.6 is 0 Å². The number of hydrogen-bond acceptors (Lipinski definition) is 4. The molecule has 1 aliphatic heterocycles. The zero-order valence-corrected chi connectivity index (χ0v) is 14.1. The second kappa shape index (κ2) is 5.89. The van der Waals surface area contributed by atoms with Gasteiger partial charge in [0.2, 0.25) is 11.4 Å². The van der Waals surface area contributed by atoms with E-state index in [4.69, 9.17) is 4.74 Å². The van der Waals surface area contributed by atoms with E-state index in [9.17, 15) is 10.4 Å². The van der Waals surface area contributed by atoms with Crippen LogP contribution in [0.4, 0.5) is 0 Å². The van der Waals surface area contributed by atoms with E-state index in [0.717, 1.165) is 22.5 Å². The Bertz CT molecular complexity index is 566. The van der Waals surface area contributed by atoms with Crippen molar-refractivity contribution in [3.8, 4) is 5.75 Å². The monoisotopic (exact) mass is 306 g/mol. The third-order valence-electron chi connectivity index (χ3n) is 4.48. The van der Waals surface area contributed by atoms with Crippen molar-refractivity contribution in [2.45, 2.75) is 58.7 Å². The predicted molar refractivity (Wildman–Crippen MR) is 86.4 cm³/mol. The van der Waals surface area contributed by atoms with Crippen molar-refractivity contribution >= 4 is 5.71 Å². The molecule has 0 spiro atoms. The molecule has 0 saturated carbocycles. The number of rotatable bonds is 5. The number of benzene rings is 1. The third-order valence-corrected chi connectivity index (χ3v) is 4.48. The summed E-state index contributed by atoms with van der Waals surface area (Å²) in [4.78, 5) is 0. The highest BCUT2D eigenvalue weighted by atomic mass is 16.6. The van der Waals surface area contributed by atoms with Gasteiger partial charge in [0.25, 0.3) is 0 Å². The first-order valence-corrected chi connectivity index (χ1v) is 7.86. The van der Waals surface area contributed by atoms with Crippen LogP contribution in [0.2, 0.25) is 0 Å². The van der Waals surface area contributed by atoms with Gasteiger partial charge >= 0.3 is 0 Å². The molecule has 0 radical (unpaired) electrons. The molecule has 2 rings (SSSR count). The van der Waals surface area contributed by atoms with Crippen molar-refractivity contribution in [1.29, 1.82) is 0 Å². The van der Waals surface area contributed by atoms with Crippen LogP contribution in [0, 0.1) is 5.21 Å². The molecule has 0 bridgehead atoms. The van der Waals surface area contributed by atoms with Gasteiger partial charge in [0.05, 0.1) is 6.61 Å². The molecule has 5 nitrogen and oxygen atoms in total. The number of ether oxygens (including phenoxy) is 1. The van der Waals surface area contributed by atoms with Crippen molar-refractivity contribution in [3.63, 3.8) is 0 Å². The normalized spacial score (nSPS) is 24.8. The molecule has 22 heavy (non-hydrogen) atoms. The Labute approximate surface area is 132 Å². The summed E-state index contributed by atoms with van der Waals surface area (Å²) in [6.07, 6.45) is 1.48. The summed E-state index contributed by atoms with van der Waals surface area (Å²) in [6.45, 7) is 10.1. The van der Waals surface area contributed by atoms with Gasteiger partial charge in [0, 0.05) is 18.9 Å². The van der Waals surface area contributed by atoms with Gasteiger partial charge in [0.1, 0.15) is 11.3 Å². The zero-order chi connectivity index (χ0) is 16.5. The highest BCUT2D eigenvalue weighted by Crippen LogP contribution is 2.37. The van der Waals surface area contributed by atoms with Crippen LogP contribution in [0.3, 0.4) is 0 Å². The Morgan fingerprint density at radius 1 is 1.18 bits per heavy atom. The first-order chi connectivity index (χ1) is 10.3. The number of hydroxylamine groups is 3. The standard InChI is InChI=1S/C17H26N2O3/c1-6-12-22-14-10-8-13(9-11-14)15-16(3,4)19(21)17(5,7-2)18(15)20/h8-11,21H,6-7,12H2,1-5H3. The van der Waals surface area contributed by atoms with Crippen molar-refractivity contribution in [2.75, 3.05) is 6.61 Å².